The molecule has 0 heterocycles. The van der Waals surface area contributed by atoms with Gasteiger partial charge in [0.1, 0.15) is 11.3 Å². The molecule has 0 atom stereocenters. The lowest BCUT2D eigenvalue weighted by atomic mass is 9.48. The first-order chi connectivity index (χ1) is 12.5. The van der Waals surface area contributed by atoms with E-state index in [1.54, 1.807) is 17.8 Å². The summed E-state index contributed by atoms with van der Waals surface area (Å²) in [6, 6.07) is 5.40. The van der Waals surface area contributed by atoms with E-state index in [0.717, 1.165) is 24.2 Å². The number of Topliss-reactive ketones (excluding diaryl/α,β-unsaturated/α-hetero) is 1. The predicted octanol–water partition coefficient (Wildman–Crippen LogP) is 4.36. The fourth-order valence-corrected chi connectivity index (χ4v) is 6.21. The third-order valence-corrected chi connectivity index (χ3v) is 7.32. The molecule has 4 aliphatic rings. The average molecular weight is 375 g/mol. The van der Waals surface area contributed by atoms with Gasteiger partial charge in [0.05, 0.1) is 7.11 Å². The minimum absolute atomic E-state index is 0.113. The van der Waals surface area contributed by atoms with Crippen LogP contribution >= 0.6 is 11.8 Å². The number of hydrogen-bond donors (Lipinski definition) is 0. The van der Waals surface area contributed by atoms with Crippen molar-refractivity contribution in [2.24, 2.45) is 23.2 Å². The van der Waals surface area contributed by atoms with E-state index in [1.165, 1.54) is 26.4 Å². The number of ketones is 1. The Balaban J connectivity index is 1.43. The Morgan fingerprint density at radius 1 is 1.12 bits per heavy atom. The summed E-state index contributed by atoms with van der Waals surface area (Å²) in [6.45, 7) is -0.113. The van der Waals surface area contributed by atoms with Crippen LogP contribution < -0.4 is 4.74 Å². The molecule has 1 aromatic carbocycles. The van der Waals surface area contributed by atoms with E-state index in [1.807, 2.05) is 18.4 Å². The molecule has 0 amide bonds. The molecule has 0 N–H and O–H groups in total. The molecule has 5 heteroatoms. The van der Waals surface area contributed by atoms with Gasteiger partial charge in [-0.05, 0) is 80.7 Å². The van der Waals surface area contributed by atoms with Gasteiger partial charge in [0.2, 0.25) is 0 Å². The summed E-state index contributed by atoms with van der Waals surface area (Å²) in [5, 5.41) is 0. The summed E-state index contributed by atoms with van der Waals surface area (Å²) in [5.74, 6) is 2.27. The van der Waals surface area contributed by atoms with Gasteiger partial charge in [-0.25, -0.2) is 4.79 Å². The van der Waals surface area contributed by atoms with Crippen molar-refractivity contribution in [3.8, 4) is 5.75 Å². The van der Waals surface area contributed by atoms with Gasteiger partial charge >= 0.3 is 5.97 Å². The summed E-state index contributed by atoms with van der Waals surface area (Å²) in [7, 11) is 1.54. The van der Waals surface area contributed by atoms with Crippen molar-refractivity contribution < 1.29 is 19.1 Å². The number of carbonyl (C=O) groups is 2. The fraction of sp³-hybridized carbons (Fsp3) is 0.619. The molecule has 4 saturated carbocycles. The van der Waals surface area contributed by atoms with Crippen LogP contribution in [0.2, 0.25) is 0 Å². The van der Waals surface area contributed by atoms with E-state index in [0.29, 0.717) is 29.1 Å². The van der Waals surface area contributed by atoms with E-state index in [2.05, 4.69) is 0 Å². The van der Waals surface area contributed by atoms with Gasteiger partial charge in [0.15, 0.2) is 12.4 Å². The first-order valence-corrected chi connectivity index (χ1v) is 10.7. The minimum Gasteiger partial charge on any atom is -0.496 e. The summed E-state index contributed by atoms with van der Waals surface area (Å²) in [5.41, 5.74) is 0.158. The summed E-state index contributed by atoms with van der Waals surface area (Å²) < 4.78 is 10.7. The lowest BCUT2D eigenvalue weighted by Crippen LogP contribution is -2.51. The quantitative estimate of drug-likeness (QED) is 0.547. The summed E-state index contributed by atoms with van der Waals surface area (Å²) in [6.07, 6.45) is 8.86. The van der Waals surface area contributed by atoms with Crippen LogP contribution in [0.1, 0.15) is 48.9 Å². The molecular formula is C21H26O4S. The van der Waals surface area contributed by atoms with Crippen molar-refractivity contribution in [2.45, 2.75) is 43.4 Å². The number of hydrogen-bond acceptors (Lipinski definition) is 5. The van der Waals surface area contributed by atoms with Crippen LogP contribution in [0, 0.1) is 23.2 Å². The van der Waals surface area contributed by atoms with Crippen LogP contribution in [0.3, 0.4) is 0 Å². The second kappa shape index (κ2) is 6.91. The monoisotopic (exact) mass is 374 g/mol. The molecule has 4 nitrogen and oxygen atoms in total. The van der Waals surface area contributed by atoms with Gasteiger partial charge in [-0.15, -0.1) is 11.8 Å². The zero-order valence-corrected chi connectivity index (χ0v) is 16.3. The van der Waals surface area contributed by atoms with Gasteiger partial charge in [-0.1, -0.05) is 0 Å². The third-order valence-electron chi connectivity index (χ3n) is 6.59. The number of thioether (sulfide) groups is 1. The molecule has 0 spiro atoms. The average Bonchev–Trinajstić information content (AvgIpc) is 2.64. The Hall–Kier alpha value is -1.49. The Morgan fingerprint density at radius 3 is 2.27 bits per heavy atom. The van der Waals surface area contributed by atoms with Gasteiger partial charge in [0, 0.05) is 10.3 Å². The number of rotatable bonds is 6. The number of carbonyl (C=O) groups excluding carboxylic acids is 2. The van der Waals surface area contributed by atoms with Crippen LogP contribution in [0.5, 0.6) is 5.75 Å². The second-order valence-corrected chi connectivity index (χ2v) is 9.14. The molecule has 5 rings (SSSR count). The SMILES string of the molecule is COc1cc(SC)ccc1C(=O)OCC(=O)C12CC3CC(CC(C3)C1)C2. The molecule has 0 aromatic heterocycles. The number of esters is 1. The maximum Gasteiger partial charge on any atom is 0.342 e. The molecule has 0 saturated heterocycles. The first-order valence-electron chi connectivity index (χ1n) is 9.45. The molecule has 4 aliphatic carbocycles. The van der Waals surface area contributed by atoms with Gasteiger partial charge in [-0.3, -0.25) is 4.79 Å². The minimum atomic E-state index is -0.479. The van der Waals surface area contributed by atoms with Crippen LogP contribution in [-0.4, -0.2) is 31.7 Å². The number of ether oxygens (including phenoxy) is 2. The largest absolute Gasteiger partial charge is 0.496 e. The highest BCUT2D eigenvalue weighted by Gasteiger charge is 2.54. The number of methoxy groups -OCH3 is 1. The highest BCUT2D eigenvalue weighted by Crippen LogP contribution is 2.60. The Morgan fingerprint density at radius 2 is 1.73 bits per heavy atom. The van der Waals surface area contributed by atoms with Crippen molar-refractivity contribution in [1.82, 2.24) is 0 Å². The molecular weight excluding hydrogens is 348 g/mol. The van der Waals surface area contributed by atoms with Gasteiger partial charge in [-0.2, -0.15) is 0 Å². The zero-order valence-electron chi connectivity index (χ0n) is 15.5. The third kappa shape index (κ3) is 3.15. The van der Waals surface area contributed by atoms with E-state index in [9.17, 15) is 9.59 Å². The van der Waals surface area contributed by atoms with Crippen LogP contribution in [0.15, 0.2) is 23.1 Å². The lowest BCUT2D eigenvalue weighted by Gasteiger charge is -2.55. The highest BCUT2D eigenvalue weighted by molar-refractivity contribution is 7.98. The molecule has 4 fully saturated rings. The van der Waals surface area contributed by atoms with Crippen molar-refractivity contribution in [2.75, 3.05) is 20.0 Å². The van der Waals surface area contributed by atoms with E-state index < -0.39 is 5.97 Å². The smallest absolute Gasteiger partial charge is 0.342 e. The van der Waals surface area contributed by atoms with Crippen LogP contribution in [0.4, 0.5) is 0 Å². The maximum atomic E-state index is 13.0. The van der Waals surface area contributed by atoms with Crippen molar-refractivity contribution in [1.29, 1.82) is 0 Å². The summed E-state index contributed by atoms with van der Waals surface area (Å²) in [4.78, 5) is 26.5. The standard InChI is InChI=1S/C21H26O4S/c1-24-18-8-16(26-2)3-4-17(18)20(23)25-12-19(22)21-9-13-5-14(10-21)7-15(6-13)11-21/h3-4,8,13-15H,5-7,9-12H2,1-2H3. The molecule has 0 radical (unpaired) electrons. The van der Waals surface area contributed by atoms with Gasteiger partial charge in [0.25, 0.3) is 0 Å². The normalized spacial score (nSPS) is 31.7. The molecule has 140 valence electrons. The lowest BCUT2D eigenvalue weighted by molar-refractivity contribution is -0.147. The molecule has 4 bridgehead atoms. The zero-order chi connectivity index (χ0) is 18.3. The maximum absolute atomic E-state index is 13.0. The second-order valence-electron chi connectivity index (χ2n) is 8.26. The Kier molecular flexibility index (Phi) is 4.76. The van der Waals surface area contributed by atoms with Crippen molar-refractivity contribution in [3.63, 3.8) is 0 Å². The topological polar surface area (TPSA) is 52.6 Å². The predicted molar refractivity (Wildman–Crippen MR) is 101 cm³/mol. The van der Waals surface area contributed by atoms with Gasteiger partial charge < -0.3 is 9.47 Å². The molecule has 0 aliphatic heterocycles. The first kappa shape index (κ1) is 17.9. The van der Waals surface area contributed by atoms with Crippen molar-refractivity contribution >= 4 is 23.5 Å². The molecule has 1 aromatic rings. The summed E-state index contributed by atoms with van der Waals surface area (Å²) >= 11 is 1.58. The van der Waals surface area contributed by atoms with E-state index in [4.69, 9.17) is 9.47 Å². The Bertz CT molecular complexity index is 691. The van der Waals surface area contributed by atoms with Crippen LogP contribution in [0.25, 0.3) is 0 Å². The number of benzene rings is 1. The highest BCUT2D eigenvalue weighted by atomic mass is 32.2. The Labute approximate surface area is 159 Å². The fourth-order valence-electron chi connectivity index (χ4n) is 5.78. The van der Waals surface area contributed by atoms with Crippen molar-refractivity contribution in [3.05, 3.63) is 23.8 Å². The van der Waals surface area contributed by atoms with E-state index >= 15 is 0 Å². The molecule has 26 heavy (non-hydrogen) atoms. The molecule has 0 unspecified atom stereocenters. The van der Waals surface area contributed by atoms with Crippen LogP contribution in [-0.2, 0) is 9.53 Å². The van der Waals surface area contributed by atoms with E-state index in [-0.39, 0.29) is 17.8 Å².